The van der Waals surface area contributed by atoms with Crippen LogP contribution >= 0.6 is 0 Å². The molecule has 1 atom stereocenters. The molecule has 0 aliphatic heterocycles. The fourth-order valence-corrected chi connectivity index (χ4v) is 3.00. The standard InChI is InChI=1S/C14H13F2NOS/c1-9-6-11(15)3-2-10(9)8-19(18)14-5-4-12(17)7-13(14)16/h2-7H,8,17H2,1H3. The summed E-state index contributed by atoms with van der Waals surface area (Å²) in [5, 5.41) is 0. The maximum absolute atomic E-state index is 13.6. The Bertz CT molecular complexity index is 643. The van der Waals surface area contributed by atoms with Crippen molar-refractivity contribution < 1.29 is 13.0 Å². The van der Waals surface area contributed by atoms with Crippen LogP contribution in [0.5, 0.6) is 0 Å². The molecule has 2 aromatic rings. The smallest absolute Gasteiger partial charge is 0.141 e. The minimum absolute atomic E-state index is 0.109. The van der Waals surface area contributed by atoms with Gasteiger partial charge in [0, 0.05) is 5.69 Å². The third kappa shape index (κ3) is 3.17. The van der Waals surface area contributed by atoms with Crippen molar-refractivity contribution in [3.8, 4) is 0 Å². The lowest BCUT2D eigenvalue weighted by atomic mass is 10.1. The van der Waals surface area contributed by atoms with E-state index in [-0.39, 0.29) is 22.2 Å². The van der Waals surface area contributed by atoms with Crippen LogP contribution in [-0.4, -0.2) is 4.21 Å². The number of nitrogen functional groups attached to an aromatic ring is 1. The molecule has 0 fully saturated rings. The average Bonchev–Trinajstić information content (AvgIpc) is 2.32. The van der Waals surface area contributed by atoms with Crippen LogP contribution in [0.15, 0.2) is 41.3 Å². The van der Waals surface area contributed by atoms with Gasteiger partial charge < -0.3 is 5.73 Å². The van der Waals surface area contributed by atoms with Crippen molar-refractivity contribution in [2.24, 2.45) is 0 Å². The monoisotopic (exact) mass is 281 g/mol. The minimum atomic E-state index is -1.52. The number of benzene rings is 2. The second-order valence-corrected chi connectivity index (χ2v) is 5.67. The van der Waals surface area contributed by atoms with E-state index in [9.17, 15) is 13.0 Å². The molecule has 0 aromatic heterocycles. The largest absolute Gasteiger partial charge is 0.399 e. The first kappa shape index (κ1) is 13.7. The van der Waals surface area contributed by atoms with E-state index in [1.165, 1.54) is 24.3 Å². The molecule has 0 aliphatic rings. The number of anilines is 1. The van der Waals surface area contributed by atoms with Crippen molar-refractivity contribution in [3.63, 3.8) is 0 Å². The van der Waals surface area contributed by atoms with Gasteiger partial charge in [0.25, 0.3) is 0 Å². The van der Waals surface area contributed by atoms with Gasteiger partial charge >= 0.3 is 0 Å². The van der Waals surface area contributed by atoms with Gasteiger partial charge in [0.15, 0.2) is 0 Å². The predicted octanol–water partition coefficient (Wildman–Crippen LogP) is 3.16. The van der Waals surface area contributed by atoms with E-state index in [0.29, 0.717) is 5.56 Å². The Hall–Kier alpha value is -1.75. The zero-order valence-corrected chi connectivity index (χ0v) is 11.1. The van der Waals surface area contributed by atoms with Crippen LogP contribution in [-0.2, 0) is 16.6 Å². The summed E-state index contributed by atoms with van der Waals surface area (Å²) in [6.07, 6.45) is 0. The van der Waals surface area contributed by atoms with Gasteiger partial charge in [0.2, 0.25) is 0 Å². The SMILES string of the molecule is Cc1cc(F)ccc1CS(=O)c1ccc(N)cc1F. The zero-order valence-electron chi connectivity index (χ0n) is 10.3. The lowest BCUT2D eigenvalue weighted by Gasteiger charge is -2.07. The summed E-state index contributed by atoms with van der Waals surface area (Å²) in [4.78, 5) is 0.109. The number of hydrogen-bond acceptors (Lipinski definition) is 2. The van der Waals surface area contributed by atoms with Crippen molar-refractivity contribution in [1.29, 1.82) is 0 Å². The maximum Gasteiger partial charge on any atom is 0.141 e. The van der Waals surface area contributed by atoms with E-state index < -0.39 is 16.6 Å². The molecule has 2 N–H and O–H groups in total. The molecule has 0 amide bonds. The molecule has 0 saturated carbocycles. The first-order valence-corrected chi connectivity index (χ1v) is 6.97. The third-order valence-electron chi connectivity index (χ3n) is 2.79. The van der Waals surface area contributed by atoms with Crippen molar-refractivity contribution in [2.75, 3.05) is 5.73 Å². The molecule has 0 radical (unpaired) electrons. The molecule has 1 unspecified atom stereocenters. The van der Waals surface area contributed by atoms with E-state index >= 15 is 0 Å². The summed E-state index contributed by atoms with van der Waals surface area (Å²) in [7, 11) is -1.52. The van der Waals surface area contributed by atoms with Crippen LogP contribution in [0.1, 0.15) is 11.1 Å². The third-order valence-corrected chi connectivity index (χ3v) is 4.19. The second-order valence-electron chi connectivity index (χ2n) is 4.25. The first-order valence-electron chi connectivity index (χ1n) is 5.66. The van der Waals surface area contributed by atoms with Gasteiger partial charge in [-0.15, -0.1) is 0 Å². The highest BCUT2D eigenvalue weighted by atomic mass is 32.2. The predicted molar refractivity (Wildman–Crippen MR) is 72.1 cm³/mol. The normalized spacial score (nSPS) is 12.4. The number of aryl methyl sites for hydroxylation is 1. The molecule has 0 spiro atoms. The Balaban J connectivity index is 2.25. The van der Waals surface area contributed by atoms with Crippen molar-refractivity contribution in [2.45, 2.75) is 17.6 Å². The number of hydrogen-bond donors (Lipinski definition) is 1. The molecule has 0 bridgehead atoms. The molecule has 0 saturated heterocycles. The molecular weight excluding hydrogens is 268 g/mol. The van der Waals surface area contributed by atoms with Gasteiger partial charge in [-0.05, 0) is 48.4 Å². The summed E-state index contributed by atoms with van der Waals surface area (Å²) in [5.74, 6) is -0.781. The highest BCUT2D eigenvalue weighted by molar-refractivity contribution is 7.84. The van der Waals surface area contributed by atoms with Crippen LogP contribution in [0.4, 0.5) is 14.5 Å². The fourth-order valence-electron chi connectivity index (χ4n) is 1.74. The van der Waals surface area contributed by atoms with E-state index in [1.54, 1.807) is 13.0 Å². The van der Waals surface area contributed by atoms with Gasteiger partial charge in [0.05, 0.1) is 21.4 Å². The van der Waals surface area contributed by atoms with Crippen LogP contribution in [0.2, 0.25) is 0 Å². The molecule has 0 heterocycles. The summed E-state index contributed by atoms with van der Waals surface area (Å²) in [6, 6.07) is 8.31. The molecule has 5 heteroatoms. The van der Waals surface area contributed by atoms with E-state index in [0.717, 1.165) is 11.6 Å². The van der Waals surface area contributed by atoms with Gasteiger partial charge in [-0.3, -0.25) is 4.21 Å². The van der Waals surface area contributed by atoms with Gasteiger partial charge in [0.1, 0.15) is 11.6 Å². The number of halogens is 2. The fraction of sp³-hybridized carbons (Fsp3) is 0.143. The van der Waals surface area contributed by atoms with Crippen molar-refractivity contribution in [1.82, 2.24) is 0 Å². The lowest BCUT2D eigenvalue weighted by Crippen LogP contribution is -2.02. The molecule has 0 aliphatic carbocycles. The molecule has 2 aromatic carbocycles. The highest BCUT2D eigenvalue weighted by Crippen LogP contribution is 2.20. The van der Waals surface area contributed by atoms with Crippen LogP contribution in [0.3, 0.4) is 0 Å². The van der Waals surface area contributed by atoms with E-state index in [4.69, 9.17) is 5.73 Å². The number of nitrogens with two attached hydrogens (primary N) is 1. The Morgan fingerprint density at radius 2 is 1.89 bits per heavy atom. The summed E-state index contributed by atoms with van der Waals surface area (Å²) < 4.78 is 38.7. The van der Waals surface area contributed by atoms with Gasteiger partial charge in [-0.1, -0.05) is 6.07 Å². The molecule has 100 valence electrons. The molecule has 19 heavy (non-hydrogen) atoms. The van der Waals surface area contributed by atoms with E-state index in [1.807, 2.05) is 0 Å². The highest BCUT2D eigenvalue weighted by Gasteiger charge is 2.12. The quantitative estimate of drug-likeness (QED) is 0.878. The zero-order chi connectivity index (χ0) is 14.0. The Labute approximate surface area is 112 Å². The average molecular weight is 281 g/mol. The second kappa shape index (κ2) is 5.48. The summed E-state index contributed by atoms with van der Waals surface area (Å²) in [5.41, 5.74) is 7.16. The number of rotatable bonds is 3. The Morgan fingerprint density at radius 1 is 1.16 bits per heavy atom. The topological polar surface area (TPSA) is 43.1 Å². The van der Waals surface area contributed by atoms with Crippen LogP contribution < -0.4 is 5.73 Å². The minimum Gasteiger partial charge on any atom is -0.399 e. The Morgan fingerprint density at radius 3 is 2.53 bits per heavy atom. The molecular formula is C14H13F2NOS. The maximum atomic E-state index is 13.6. The molecule has 2 rings (SSSR count). The lowest BCUT2D eigenvalue weighted by molar-refractivity contribution is 0.596. The van der Waals surface area contributed by atoms with Crippen LogP contribution in [0, 0.1) is 18.6 Å². The summed E-state index contributed by atoms with van der Waals surface area (Å²) >= 11 is 0. The Kier molecular flexibility index (Phi) is 3.95. The molecule has 2 nitrogen and oxygen atoms in total. The van der Waals surface area contributed by atoms with Gasteiger partial charge in [-0.2, -0.15) is 0 Å². The van der Waals surface area contributed by atoms with Crippen molar-refractivity contribution >= 4 is 16.5 Å². The van der Waals surface area contributed by atoms with Crippen LogP contribution in [0.25, 0.3) is 0 Å². The summed E-state index contributed by atoms with van der Waals surface area (Å²) in [6.45, 7) is 1.73. The van der Waals surface area contributed by atoms with Crippen molar-refractivity contribution in [3.05, 3.63) is 59.2 Å². The van der Waals surface area contributed by atoms with E-state index in [2.05, 4.69) is 0 Å². The first-order chi connectivity index (χ1) is 8.97. The van der Waals surface area contributed by atoms with Gasteiger partial charge in [-0.25, -0.2) is 8.78 Å².